The second-order valence-electron chi connectivity index (χ2n) is 7.16. The van der Waals surface area contributed by atoms with Gasteiger partial charge in [-0.1, -0.05) is 29.8 Å². The molecule has 0 bridgehead atoms. The van der Waals surface area contributed by atoms with Gasteiger partial charge in [-0.25, -0.2) is 18.3 Å². The lowest BCUT2D eigenvalue weighted by Gasteiger charge is -2.09. The van der Waals surface area contributed by atoms with E-state index >= 15 is 0 Å². The number of carbonyl (C=O) groups is 1. The number of methoxy groups -OCH3 is 1. The number of carbonyl (C=O) groups excluding carboxylic acids is 1. The molecule has 2 heterocycles. The molecule has 0 aliphatic heterocycles. The van der Waals surface area contributed by atoms with E-state index in [-0.39, 0.29) is 34.0 Å². The van der Waals surface area contributed by atoms with E-state index in [0.717, 1.165) is 22.3 Å². The molecule has 0 radical (unpaired) electrons. The van der Waals surface area contributed by atoms with E-state index in [1.807, 2.05) is 19.1 Å². The smallest absolute Gasteiger partial charge is 0.280 e. The van der Waals surface area contributed by atoms with Crippen LogP contribution in [-0.2, 0) is 0 Å². The minimum Gasteiger partial charge on any atom is -0.496 e. The third-order valence-electron chi connectivity index (χ3n) is 4.91. The number of nitrogens with zero attached hydrogens (tertiary/aromatic N) is 4. The Morgan fingerprint density at radius 2 is 1.91 bits per heavy atom. The molecule has 4 rings (SSSR count). The Morgan fingerprint density at radius 1 is 1.18 bits per heavy atom. The maximum Gasteiger partial charge on any atom is 0.280 e. The minimum absolute atomic E-state index is 0.0710. The van der Waals surface area contributed by atoms with Crippen molar-refractivity contribution in [3.05, 3.63) is 81.7 Å². The summed E-state index contributed by atoms with van der Waals surface area (Å²) in [7, 11) is 1.33. The molecular formula is C22H17F2N5O4. The molecule has 0 saturated heterocycles. The van der Waals surface area contributed by atoms with Gasteiger partial charge < -0.3 is 10.1 Å². The molecule has 33 heavy (non-hydrogen) atoms. The molecule has 0 fully saturated rings. The molecule has 2 aromatic carbocycles. The molecule has 168 valence electrons. The average molecular weight is 453 g/mol. The van der Waals surface area contributed by atoms with Crippen LogP contribution in [0.1, 0.15) is 28.0 Å². The van der Waals surface area contributed by atoms with Crippen LogP contribution in [0.15, 0.2) is 54.7 Å². The van der Waals surface area contributed by atoms with Crippen molar-refractivity contribution in [3.8, 4) is 17.0 Å². The highest BCUT2D eigenvalue weighted by Gasteiger charge is 2.22. The largest absolute Gasteiger partial charge is 0.496 e. The maximum atomic E-state index is 13.8. The topological polar surface area (TPSA) is 112 Å². The highest BCUT2D eigenvalue weighted by Crippen LogP contribution is 2.29. The minimum atomic E-state index is -2.86. The molecule has 2 aromatic heterocycles. The van der Waals surface area contributed by atoms with Crippen molar-refractivity contribution in [2.45, 2.75) is 13.3 Å². The zero-order valence-electron chi connectivity index (χ0n) is 17.5. The Bertz CT molecular complexity index is 1370. The zero-order chi connectivity index (χ0) is 23.7. The van der Waals surface area contributed by atoms with E-state index < -0.39 is 22.9 Å². The SMILES string of the molecule is COc1cc(NC(=O)c2cnn3c(C(F)F)cc(-c4ccc(C)cc4)nc23)cc([N+](=O)[O-])c1. The molecule has 1 N–H and O–H groups in total. The molecule has 4 aromatic rings. The summed E-state index contributed by atoms with van der Waals surface area (Å²) in [5.41, 5.74) is 1.08. The van der Waals surface area contributed by atoms with E-state index in [9.17, 15) is 23.7 Å². The number of nitro benzene ring substituents is 1. The number of rotatable bonds is 6. The van der Waals surface area contributed by atoms with E-state index in [2.05, 4.69) is 15.4 Å². The number of nitrogens with one attached hydrogen (secondary N) is 1. The monoisotopic (exact) mass is 453 g/mol. The quantitative estimate of drug-likeness (QED) is 0.331. The molecule has 0 spiro atoms. The van der Waals surface area contributed by atoms with Gasteiger partial charge in [0.05, 0.1) is 35.7 Å². The number of anilines is 1. The number of aromatic nitrogens is 3. The number of benzene rings is 2. The van der Waals surface area contributed by atoms with Gasteiger partial charge >= 0.3 is 0 Å². The number of amides is 1. The number of nitro groups is 1. The number of hydrogen-bond donors (Lipinski definition) is 1. The summed E-state index contributed by atoms with van der Waals surface area (Å²) in [5.74, 6) is -0.555. The van der Waals surface area contributed by atoms with Crippen molar-refractivity contribution >= 4 is 22.9 Å². The fourth-order valence-corrected chi connectivity index (χ4v) is 3.25. The van der Waals surface area contributed by atoms with Crippen LogP contribution in [0.2, 0.25) is 0 Å². The number of non-ortho nitro benzene ring substituents is 1. The molecule has 0 aliphatic rings. The van der Waals surface area contributed by atoms with Crippen molar-refractivity contribution in [3.63, 3.8) is 0 Å². The number of alkyl halides is 2. The Hall–Kier alpha value is -4.41. The van der Waals surface area contributed by atoms with Crippen molar-refractivity contribution in [2.24, 2.45) is 0 Å². The molecule has 0 aliphatic carbocycles. The molecule has 1 amide bonds. The van der Waals surface area contributed by atoms with Crippen LogP contribution in [0.3, 0.4) is 0 Å². The number of ether oxygens (including phenoxy) is 1. The summed E-state index contributed by atoms with van der Waals surface area (Å²) < 4.78 is 33.4. The molecule has 0 unspecified atom stereocenters. The maximum absolute atomic E-state index is 13.8. The standard InChI is InChI=1S/C22H17F2N5O4/c1-12-3-5-13(6-4-12)18-10-19(20(23)24)28-21(27-18)17(11-25-28)22(30)26-14-7-15(29(31)32)9-16(8-14)33-2/h3-11,20H,1-2H3,(H,26,30). The van der Waals surface area contributed by atoms with Crippen LogP contribution in [0, 0.1) is 17.0 Å². The van der Waals surface area contributed by atoms with Crippen molar-refractivity contribution in [1.29, 1.82) is 0 Å². The van der Waals surface area contributed by atoms with Crippen molar-refractivity contribution in [2.75, 3.05) is 12.4 Å². The van der Waals surface area contributed by atoms with Crippen molar-refractivity contribution in [1.82, 2.24) is 14.6 Å². The lowest BCUT2D eigenvalue weighted by atomic mass is 10.1. The Morgan fingerprint density at radius 3 is 2.55 bits per heavy atom. The van der Waals surface area contributed by atoms with Crippen LogP contribution >= 0.6 is 0 Å². The van der Waals surface area contributed by atoms with E-state index in [1.54, 1.807) is 12.1 Å². The van der Waals surface area contributed by atoms with Crippen LogP contribution in [0.25, 0.3) is 16.9 Å². The van der Waals surface area contributed by atoms with Gasteiger partial charge in [-0.15, -0.1) is 0 Å². The van der Waals surface area contributed by atoms with Gasteiger partial charge in [0.2, 0.25) is 0 Å². The van der Waals surface area contributed by atoms with E-state index in [4.69, 9.17) is 4.74 Å². The molecule has 9 nitrogen and oxygen atoms in total. The summed E-state index contributed by atoms with van der Waals surface area (Å²) in [4.78, 5) is 27.9. The Balaban J connectivity index is 1.78. The second-order valence-corrected chi connectivity index (χ2v) is 7.16. The van der Waals surface area contributed by atoms with Gasteiger partial charge in [0, 0.05) is 17.7 Å². The van der Waals surface area contributed by atoms with Crippen LogP contribution < -0.4 is 10.1 Å². The van der Waals surface area contributed by atoms with Crippen LogP contribution in [0.4, 0.5) is 20.2 Å². The van der Waals surface area contributed by atoms with Gasteiger partial charge in [-0.3, -0.25) is 14.9 Å². The molecule has 0 atom stereocenters. The van der Waals surface area contributed by atoms with Crippen molar-refractivity contribution < 1.29 is 23.2 Å². The summed E-state index contributed by atoms with van der Waals surface area (Å²) in [6.45, 7) is 1.90. The lowest BCUT2D eigenvalue weighted by molar-refractivity contribution is -0.384. The van der Waals surface area contributed by atoms with E-state index in [0.29, 0.717) is 5.56 Å². The van der Waals surface area contributed by atoms with E-state index in [1.165, 1.54) is 25.3 Å². The fourth-order valence-electron chi connectivity index (χ4n) is 3.25. The first-order chi connectivity index (χ1) is 15.8. The number of halogens is 2. The first kappa shape index (κ1) is 21.8. The Labute approximate surface area is 185 Å². The van der Waals surface area contributed by atoms with Gasteiger partial charge in [0.1, 0.15) is 17.0 Å². The zero-order valence-corrected chi connectivity index (χ0v) is 17.5. The van der Waals surface area contributed by atoms with Gasteiger partial charge in [0.25, 0.3) is 18.0 Å². The molecule has 11 heteroatoms. The molecular weight excluding hydrogens is 436 g/mol. The lowest BCUT2D eigenvalue weighted by Crippen LogP contribution is -2.13. The molecule has 0 saturated carbocycles. The number of fused-ring (bicyclic) bond motifs is 1. The predicted octanol–water partition coefficient (Wildman–Crippen LogP) is 4.81. The van der Waals surface area contributed by atoms with Crippen LogP contribution in [-0.4, -0.2) is 32.5 Å². The third-order valence-corrected chi connectivity index (χ3v) is 4.91. The number of hydrogen-bond acceptors (Lipinski definition) is 6. The Kier molecular flexibility index (Phi) is 5.69. The highest BCUT2D eigenvalue weighted by molar-refractivity contribution is 6.08. The summed E-state index contributed by atoms with van der Waals surface area (Å²) in [6.07, 6.45) is -1.74. The van der Waals surface area contributed by atoms with Crippen LogP contribution in [0.5, 0.6) is 5.75 Å². The first-order valence-corrected chi connectivity index (χ1v) is 9.65. The van der Waals surface area contributed by atoms with Gasteiger partial charge in [-0.2, -0.15) is 5.10 Å². The van der Waals surface area contributed by atoms with Gasteiger partial charge in [0.15, 0.2) is 5.65 Å². The normalized spacial score (nSPS) is 11.1. The fraction of sp³-hybridized carbons (Fsp3) is 0.136. The number of aryl methyl sites for hydroxylation is 1. The first-order valence-electron chi connectivity index (χ1n) is 9.65. The van der Waals surface area contributed by atoms with Gasteiger partial charge in [-0.05, 0) is 13.0 Å². The summed E-state index contributed by atoms with van der Waals surface area (Å²) >= 11 is 0. The predicted molar refractivity (Wildman–Crippen MR) is 116 cm³/mol. The second kappa shape index (κ2) is 8.61. The summed E-state index contributed by atoms with van der Waals surface area (Å²) in [5, 5.41) is 17.6. The average Bonchev–Trinajstić information content (AvgIpc) is 3.22. The highest BCUT2D eigenvalue weighted by atomic mass is 19.3. The third kappa shape index (κ3) is 4.33. The summed E-state index contributed by atoms with van der Waals surface area (Å²) in [6, 6.07) is 12.1.